The van der Waals surface area contributed by atoms with E-state index in [2.05, 4.69) is 15.3 Å². The molecule has 0 aliphatic rings. The molecule has 0 atom stereocenters. The van der Waals surface area contributed by atoms with Crippen LogP contribution in [0, 0.1) is 0 Å². The average Bonchev–Trinajstić information content (AvgIpc) is 2.52. The first-order chi connectivity index (χ1) is 10.2. The van der Waals surface area contributed by atoms with Crippen LogP contribution >= 0.6 is 11.6 Å². The molecule has 1 aromatic carbocycles. The van der Waals surface area contributed by atoms with E-state index >= 15 is 0 Å². The molecule has 0 aliphatic heterocycles. The van der Waals surface area contributed by atoms with Crippen molar-refractivity contribution in [3.63, 3.8) is 0 Å². The molecular weight excluding hydrogens is 294 g/mol. The summed E-state index contributed by atoms with van der Waals surface area (Å²) < 4.78 is 10.4. The SMILES string of the molecule is COc1ccc(CNc2ncnc(Cl)c2C=O)cc1OC. The molecule has 0 spiro atoms. The molecule has 2 rings (SSSR count). The van der Waals surface area contributed by atoms with Crippen molar-refractivity contribution in [2.75, 3.05) is 19.5 Å². The van der Waals surface area contributed by atoms with Crippen molar-refractivity contribution in [2.45, 2.75) is 6.54 Å². The minimum Gasteiger partial charge on any atom is -0.493 e. The zero-order valence-electron chi connectivity index (χ0n) is 11.6. The van der Waals surface area contributed by atoms with Gasteiger partial charge in [-0.25, -0.2) is 9.97 Å². The fourth-order valence-electron chi connectivity index (χ4n) is 1.80. The van der Waals surface area contributed by atoms with E-state index in [0.29, 0.717) is 30.1 Å². The van der Waals surface area contributed by atoms with Crippen molar-refractivity contribution >= 4 is 23.7 Å². The average molecular weight is 308 g/mol. The highest BCUT2D eigenvalue weighted by atomic mass is 35.5. The number of anilines is 1. The van der Waals surface area contributed by atoms with E-state index in [0.717, 1.165) is 5.56 Å². The van der Waals surface area contributed by atoms with E-state index in [1.807, 2.05) is 18.2 Å². The van der Waals surface area contributed by atoms with E-state index in [1.54, 1.807) is 14.2 Å². The quantitative estimate of drug-likeness (QED) is 0.653. The molecule has 0 radical (unpaired) electrons. The molecule has 1 heterocycles. The Kier molecular flexibility index (Phi) is 4.94. The lowest BCUT2D eigenvalue weighted by molar-refractivity contribution is 0.112. The zero-order valence-corrected chi connectivity index (χ0v) is 12.3. The second-order valence-corrected chi connectivity index (χ2v) is 4.45. The van der Waals surface area contributed by atoms with Gasteiger partial charge in [0.15, 0.2) is 17.8 Å². The lowest BCUT2D eigenvalue weighted by atomic mass is 10.2. The zero-order chi connectivity index (χ0) is 15.2. The number of halogens is 1. The topological polar surface area (TPSA) is 73.3 Å². The van der Waals surface area contributed by atoms with E-state index in [4.69, 9.17) is 21.1 Å². The molecule has 21 heavy (non-hydrogen) atoms. The summed E-state index contributed by atoms with van der Waals surface area (Å²) in [5.41, 5.74) is 1.18. The molecule has 2 aromatic rings. The number of hydrogen-bond donors (Lipinski definition) is 1. The van der Waals surface area contributed by atoms with Crippen LogP contribution in [0.4, 0.5) is 5.82 Å². The predicted molar refractivity (Wildman–Crippen MR) is 79.3 cm³/mol. The maximum Gasteiger partial charge on any atom is 0.161 e. The molecule has 0 unspecified atom stereocenters. The van der Waals surface area contributed by atoms with Crippen LogP contribution < -0.4 is 14.8 Å². The number of benzene rings is 1. The third-order valence-electron chi connectivity index (χ3n) is 2.86. The number of aldehydes is 1. The van der Waals surface area contributed by atoms with Crippen LogP contribution in [-0.2, 0) is 6.54 Å². The monoisotopic (exact) mass is 307 g/mol. The first-order valence-corrected chi connectivity index (χ1v) is 6.47. The number of aromatic nitrogens is 2. The molecule has 1 N–H and O–H groups in total. The van der Waals surface area contributed by atoms with Crippen molar-refractivity contribution < 1.29 is 14.3 Å². The summed E-state index contributed by atoms with van der Waals surface area (Å²) in [7, 11) is 3.15. The van der Waals surface area contributed by atoms with Crippen LogP contribution in [0.5, 0.6) is 11.5 Å². The molecule has 0 aliphatic carbocycles. The molecular formula is C14H14ClN3O3. The van der Waals surface area contributed by atoms with Gasteiger partial charge in [0.05, 0.1) is 19.8 Å². The van der Waals surface area contributed by atoms with Gasteiger partial charge in [-0.1, -0.05) is 17.7 Å². The number of ether oxygens (including phenoxy) is 2. The van der Waals surface area contributed by atoms with Crippen molar-refractivity contribution in [3.8, 4) is 11.5 Å². The van der Waals surface area contributed by atoms with E-state index in [-0.39, 0.29) is 10.7 Å². The van der Waals surface area contributed by atoms with Crippen molar-refractivity contribution in [3.05, 3.63) is 40.8 Å². The number of rotatable bonds is 6. The van der Waals surface area contributed by atoms with Crippen LogP contribution in [0.2, 0.25) is 5.15 Å². The Labute approximate surface area is 127 Å². The third kappa shape index (κ3) is 3.41. The van der Waals surface area contributed by atoms with E-state index in [9.17, 15) is 4.79 Å². The van der Waals surface area contributed by atoms with Crippen molar-refractivity contribution in [1.29, 1.82) is 0 Å². The normalized spacial score (nSPS) is 10.0. The molecule has 0 saturated heterocycles. The fourth-order valence-corrected chi connectivity index (χ4v) is 1.97. The van der Waals surface area contributed by atoms with Gasteiger partial charge >= 0.3 is 0 Å². The maximum absolute atomic E-state index is 11.0. The second kappa shape index (κ2) is 6.90. The molecule has 7 heteroatoms. The van der Waals surface area contributed by atoms with Gasteiger partial charge in [0, 0.05) is 6.54 Å². The van der Waals surface area contributed by atoms with Gasteiger partial charge in [0.1, 0.15) is 17.3 Å². The summed E-state index contributed by atoms with van der Waals surface area (Å²) >= 11 is 5.84. The van der Waals surface area contributed by atoms with Crippen LogP contribution in [0.25, 0.3) is 0 Å². The summed E-state index contributed by atoms with van der Waals surface area (Å²) in [6.45, 7) is 0.453. The largest absolute Gasteiger partial charge is 0.493 e. The Hall–Kier alpha value is -2.34. The summed E-state index contributed by atoms with van der Waals surface area (Å²) in [6.07, 6.45) is 1.92. The Morgan fingerprint density at radius 1 is 1.24 bits per heavy atom. The number of nitrogens with zero attached hydrogens (tertiary/aromatic N) is 2. The van der Waals surface area contributed by atoms with Crippen molar-refractivity contribution in [1.82, 2.24) is 9.97 Å². The van der Waals surface area contributed by atoms with Crippen LogP contribution in [0.1, 0.15) is 15.9 Å². The smallest absolute Gasteiger partial charge is 0.161 e. The Morgan fingerprint density at radius 2 is 2.00 bits per heavy atom. The third-order valence-corrected chi connectivity index (χ3v) is 3.16. The molecule has 1 aromatic heterocycles. The maximum atomic E-state index is 11.0. The molecule has 0 saturated carbocycles. The number of carbonyl (C=O) groups is 1. The van der Waals surface area contributed by atoms with Gasteiger partial charge in [0.25, 0.3) is 0 Å². The highest BCUT2D eigenvalue weighted by Gasteiger charge is 2.09. The highest BCUT2D eigenvalue weighted by Crippen LogP contribution is 2.28. The van der Waals surface area contributed by atoms with Crippen LogP contribution in [-0.4, -0.2) is 30.5 Å². The number of methoxy groups -OCH3 is 2. The predicted octanol–water partition coefficient (Wildman–Crippen LogP) is 2.57. The first kappa shape index (κ1) is 15.1. The van der Waals surface area contributed by atoms with E-state index in [1.165, 1.54) is 6.33 Å². The van der Waals surface area contributed by atoms with Gasteiger partial charge in [-0.15, -0.1) is 0 Å². The minimum atomic E-state index is 0.120. The van der Waals surface area contributed by atoms with Gasteiger partial charge in [-0.3, -0.25) is 4.79 Å². The molecule has 6 nitrogen and oxygen atoms in total. The van der Waals surface area contributed by atoms with E-state index < -0.39 is 0 Å². The highest BCUT2D eigenvalue weighted by molar-refractivity contribution is 6.32. The Balaban J connectivity index is 2.17. The van der Waals surface area contributed by atoms with Gasteiger partial charge in [-0.2, -0.15) is 0 Å². The summed E-state index contributed by atoms with van der Waals surface area (Å²) in [6, 6.07) is 5.54. The number of nitrogens with one attached hydrogen (secondary N) is 1. The second-order valence-electron chi connectivity index (χ2n) is 4.09. The molecule has 0 bridgehead atoms. The standard InChI is InChI=1S/C14H14ClN3O3/c1-20-11-4-3-9(5-12(11)21-2)6-16-14-10(7-19)13(15)17-8-18-14/h3-5,7-8H,6H2,1-2H3,(H,16,17,18). The summed E-state index contributed by atoms with van der Waals surface area (Å²) in [5, 5.41) is 3.17. The molecule has 0 amide bonds. The fraction of sp³-hybridized carbons (Fsp3) is 0.214. The lowest BCUT2D eigenvalue weighted by Gasteiger charge is -2.11. The van der Waals surface area contributed by atoms with Crippen LogP contribution in [0.3, 0.4) is 0 Å². The Morgan fingerprint density at radius 3 is 2.67 bits per heavy atom. The number of carbonyl (C=O) groups excluding carboxylic acids is 1. The molecule has 110 valence electrons. The summed E-state index contributed by atoms with van der Waals surface area (Å²) in [5.74, 6) is 1.67. The minimum absolute atomic E-state index is 0.120. The number of hydrogen-bond acceptors (Lipinski definition) is 6. The van der Waals surface area contributed by atoms with Crippen molar-refractivity contribution in [2.24, 2.45) is 0 Å². The molecule has 0 fully saturated rings. The van der Waals surface area contributed by atoms with Gasteiger partial charge in [-0.05, 0) is 17.7 Å². The Bertz CT molecular complexity index is 649. The first-order valence-electron chi connectivity index (χ1n) is 6.10. The lowest BCUT2D eigenvalue weighted by Crippen LogP contribution is -2.06. The summed E-state index contributed by atoms with van der Waals surface area (Å²) in [4.78, 5) is 18.8. The van der Waals surface area contributed by atoms with Gasteiger partial charge in [0.2, 0.25) is 0 Å². The van der Waals surface area contributed by atoms with Gasteiger partial charge < -0.3 is 14.8 Å². The van der Waals surface area contributed by atoms with Crippen LogP contribution in [0.15, 0.2) is 24.5 Å².